The summed E-state index contributed by atoms with van der Waals surface area (Å²) in [4.78, 5) is 13.6. The molecule has 1 aliphatic rings. The molecule has 0 spiro atoms. The Bertz CT molecular complexity index is 472. The number of carbonyl (C=O) groups is 1. The highest BCUT2D eigenvalue weighted by Gasteiger charge is 2.33. The van der Waals surface area contributed by atoms with Crippen molar-refractivity contribution >= 4 is 11.7 Å². The molecule has 6 nitrogen and oxygen atoms in total. The van der Waals surface area contributed by atoms with E-state index in [1.165, 1.54) is 4.90 Å². The van der Waals surface area contributed by atoms with Crippen LogP contribution in [0.5, 0.6) is 5.75 Å². The van der Waals surface area contributed by atoms with E-state index in [9.17, 15) is 9.90 Å². The molecule has 0 saturated carbocycles. The number of likely N-dealkylation sites (N-methyl/N-ethyl adjacent to an activating group) is 1. The first-order chi connectivity index (χ1) is 9.54. The first-order valence-corrected chi connectivity index (χ1v) is 6.62. The minimum Gasteiger partial charge on any atom is -0.495 e. The summed E-state index contributed by atoms with van der Waals surface area (Å²) in [5.74, 6) is 0.607. The van der Waals surface area contributed by atoms with Crippen LogP contribution in [0.3, 0.4) is 0 Å². The van der Waals surface area contributed by atoms with Gasteiger partial charge in [0.2, 0.25) is 0 Å². The fraction of sp³-hybridized carbons (Fsp3) is 0.500. The lowest BCUT2D eigenvalue weighted by Gasteiger charge is -2.28. The van der Waals surface area contributed by atoms with Crippen LogP contribution in [0.1, 0.15) is 6.42 Å². The molecule has 20 heavy (non-hydrogen) atoms. The van der Waals surface area contributed by atoms with Crippen LogP contribution in [-0.4, -0.2) is 55.4 Å². The van der Waals surface area contributed by atoms with E-state index < -0.39 is 5.60 Å². The molecule has 6 heteroatoms. The van der Waals surface area contributed by atoms with Crippen LogP contribution in [0.15, 0.2) is 24.3 Å². The number of nitrogens with zero attached hydrogens (tertiary/aromatic N) is 1. The van der Waals surface area contributed by atoms with Gasteiger partial charge in [0, 0.05) is 13.6 Å². The van der Waals surface area contributed by atoms with E-state index in [-0.39, 0.29) is 6.03 Å². The predicted molar refractivity (Wildman–Crippen MR) is 77.1 cm³/mol. The highest BCUT2D eigenvalue weighted by Crippen LogP contribution is 2.23. The lowest BCUT2D eigenvalue weighted by molar-refractivity contribution is 0.0384. The van der Waals surface area contributed by atoms with Gasteiger partial charge in [0.25, 0.3) is 0 Å². The standard InChI is InChI=1S/C14H21N3O3/c1-17(10-14(19)7-8-15-9-14)13(18)16-11-5-3-4-6-12(11)20-2/h3-6,15,19H,7-10H2,1-2H3,(H,16,18). The van der Waals surface area contributed by atoms with Gasteiger partial charge in [-0.1, -0.05) is 12.1 Å². The summed E-state index contributed by atoms with van der Waals surface area (Å²) in [5.41, 5.74) is -0.226. The van der Waals surface area contributed by atoms with Crippen LogP contribution < -0.4 is 15.4 Å². The Kier molecular flexibility index (Phi) is 4.46. The van der Waals surface area contributed by atoms with Crippen molar-refractivity contribution < 1.29 is 14.6 Å². The molecule has 1 atom stereocenters. The third kappa shape index (κ3) is 3.40. The van der Waals surface area contributed by atoms with Crippen LogP contribution in [0, 0.1) is 0 Å². The Morgan fingerprint density at radius 2 is 2.30 bits per heavy atom. The highest BCUT2D eigenvalue weighted by atomic mass is 16.5. The number of hydrogen-bond donors (Lipinski definition) is 3. The van der Waals surface area contributed by atoms with Gasteiger partial charge in [-0.25, -0.2) is 4.79 Å². The number of nitrogens with one attached hydrogen (secondary N) is 2. The number of carbonyl (C=O) groups excluding carboxylic acids is 1. The normalized spacial score (nSPS) is 21.6. The maximum Gasteiger partial charge on any atom is 0.321 e. The molecule has 1 aliphatic heterocycles. The van der Waals surface area contributed by atoms with E-state index in [4.69, 9.17) is 4.74 Å². The van der Waals surface area contributed by atoms with Crippen LogP contribution in [0.25, 0.3) is 0 Å². The smallest absolute Gasteiger partial charge is 0.321 e. The van der Waals surface area contributed by atoms with Gasteiger partial charge < -0.3 is 25.4 Å². The van der Waals surface area contributed by atoms with Crippen molar-refractivity contribution in [2.75, 3.05) is 39.1 Å². The van der Waals surface area contributed by atoms with Crippen LogP contribution in [0.2, 0.25) is 0 Å². The molecular formula is C14H21N3O3. The largest absolute Gasteiger partial charge is 0.495 e. The van der Waals surface area contributed by atoms with Crippen molar-refractivity contribution in [1.29, 1.82) is 0 Å². The summed E-state index contributed by atoms with van der Waals surface area (Å²) in [6.07, 6.45) is 0.652. The Hall–Kier alpha value is -1.79. The van der Waals surface area contributed by atoms with Gasteiger partial charge >= 0.3 is 6.03 Å². The monoisotopic (exact) mass is 279 g/mol. The molecule has 3 N–H and O–H groups in total. The number of para-hydroxylation sites is 2. The minimum absolute atomic E-state index is 0.269. The first-order valence-electron chi connectivity index (χ1n) is 6.62. The lowest BCUT2D eigenvalue weighted by Crippen LogP contribution is -2.46. The number of methoxy groups -OCH3 is 1. The number of benzene rings is 1. The molecule has 2 amide bonds. The molecule has 1 aromatic rings. The van der Waals surface area contributed by atoms with E-state index in [2.05, 4.69) is 10.6 Å². The Morgan fingerprint density at radius 1 is 1.55 bits per heavy atom. The summed E-state index contributed by atoms with van der Waals surface area (Å²) in [6, 6.07) is 6.95. The van der Waals surface area contributed by atoms with Gasteiger partial charge in [-0.2, -0.15) is 0 Å². The van der Waals surface area contributed by atoms with E-state index in [0.29, 0.717) is 30.9 Å². The maximum atomic E-state index is 12.1. The second-order valence-corrected chi connectivity index (χ2v) is 5.14. The van der Waals surface area contributed by atoms with Gasteiger partial charge in [-0.15, -0.1) is 0 Å². The van der Waals surface area contributed by atoms with Crippen LogP contribution >= 0.6 is 0 Å². The van der Waals surface area contributed by atoms with Crippen LogP contribution in [-0.2, 0) is 0 Å². The second kappa shape index (κ2) is 6.11. The summed E-state index contributed by atoms with van der Waals surface area (Å²) < 4.78 is 5.19. The van der Waals surface area contributed by atoms with Crippen molar-refractivity contribution in [1.82, 2.24) is 10.2 Å². The molecule has 1 fully saturated rings. The van der Waals surface area contributed by atoms with Gasteiger partial charge in [0.15, 0.2) is 0 Å². The zero-order chi connectivity index (χ0) is 14.6. The SMILES string of the molecule is COc1ccccc1NC(=O)N(C)CC1(O)CCNC1. The van der Waals surface area contributed by atoms with Crippen LogP contribution in [0.4, 0.5) is 10.5 Å². The van der Waals surface area contributed by atoms with Gasteiger partial charge in [-0.05, 0) is 25.1 Å². The molecular weight excluding hydrogens is 258 g/mol. The average molecular weight is 279 g/mol. The molecule has 0 radical (unpaired) electrons. The van der Waals surface area contributed by atoms with E-state index in [0.717, 1.165) is 6.54 Å². The average Bonchev–Trinajstić information content (AvgIpc) is 2.85. The third-order valence-electron chi connectivity index (χ3n) is 3.45. The van der Waals surface area contributed by atoms with Gasteiger partial charge in [0.05, 0.1) is 24.9 Å². The van der Waals surface area contributed by atoms with Gasteiger partial charge in [-0.3, -0.25) is 0 Å². The minimum atomic E-state index is -0.840. The van der Waals surface area contributed by atoms with E-state index in [1.54, 1.807) is 26.3 Å². The van der Waals surface area contributed by atoms with E-state index in [1.807, 2.05) is 12.1 Å². The number of ether oxygens (including phenoxy) is 1. The molecule has 110 valence electrons. The number of urea groups is 1. The molecule has 2 rings (SSSR count). The molecule has 1 aromatic carbocycles. The maximum absolute atomic E-state index is 12.1. The molecule has 0 aliphatic carbocycles. The predicted octanol–water partition coefficient (Wildman–Crippen LogP) is 0.883. The molecule has 0 bridgehead atoms. The zero-order valence-electron chi connectivity index (χ0n) is 11.8. The topological polar surface area (TPSA) is 73.8 Å². The fourth-order valence-electron chi connectivity index (χ4n) is 2.34. The van der Waals surface area contributed by atoms with Crippen molar-refractivity contribution in [3.8, 4) is 5.75 Å². The number of β-amino-alcohol motifs (C(OH)–C–C–N with tert-alkyl or cyclic N) is 1. The lowest BCUT2D eigenvalue weighted by atomic mass is 10.0. The van der Waals surface area contributed by atoms with Gasteiger partial charge in [0.1, 0.15) is 5.75 Å². The Balaban J connectivity index is 1.97. The molecule has 1 heterocycles. The van der Waals surface area contributed by atoms with Crippen molar-refractivity contribution in [2.24, 2.45) is 0 Å². The highest BCUT2D eigenvalue weighted by molar-refractivity contribution is 5.90. The number of amides is 2. The number of hydrogen-bond acceptors (Lipinski definition) is 4. The molecule has 0 aromatic heterocycles. The van der Waals surface area contributed by atoms with Crippen molar-refractivity contribution in [2.45, 2.75) is 12.0 Å². The molecule has 1 unspecified atom stereocenters. The quantitative estimate of drug-likeness (QED) is 0.765. The number of rotatable bonds is 4. The Labute approximate surface area is 118 Å². The fourth-order valence-corrected chi connectivity index (χ4v) is 2.34. The Morgan fingerprint density at radius 3 is 2.95 bits per heavy atom. The summed E-state index contributed by atoms with van der Waals surface area (Å²) in [7, 11) is 3.22. The van der Waals surface area contributed by atoms with Crippen molar-refractivity contribution in [3.63, 3.8) is 0 Å². The third-order valence-corrected chi connectivity index (χ3v) is 3.45. The summed E-state index contributed by atoms with van der Waals surface area (Å²) in [5, 5.41) is 16.1. The first kappa shape index (κ1) is 14.6. The second-order valence-electron chi connectivity index (χ2n) is 5.14. The number of anilines is 1. The zero-order valence-corrected chi connectivity index (χ0v) is 11.8. The molecule has 1 saturated heterocycles. The van der Waals surface area contributed by atoms with E-state index >= 15 is 0 Å². The van der Waals surface area contributed by atoms with Crippen molar-refractivity contribution in [3.05, 3.63) is 24.3 Å². The summed E-state index contributed by atoms with van der Waals surface area (Å²) >= 11 is 0. The number of aliphatic hydroxyl groups is 1. The summed E-state index contributed by atoms with van der Waals surface area (Å²) in [6.45, 7) is 1.58.